The van der Waals surface area contributed by atoms with E-state index in [9.17, 15) is 14.4 Å². The van der Waals surface area contributed by atoms with Crippen LogP contribution in [0.5, 0.6) is 0 Å². The Balaban J connectivity index is 1.63. The summed E-state index contributed by atoms with van der Waals surface area (Å²) in [5.74, 6) is 1.78. The van der Waals surface area contributed by atoms with Gasteiger partial charge >= 0.3 is 0 Å². The van der Waals surface area contributed by atoms with Gasteiger partial charge in [-0.2, -0.15) is 0 Å². The summed E-state index contributed by atoms with van der Waals surface area (Å²) in [7, 11) is 0. The molecule has 1 fully saturated rings. The van der Waals surface area contributed by atoms with Gasteiger partial charge in [-0.3, -0.25) is 19.3 Å². The molecule has 3 amide bonds. The number of amides is 3. The monoisotopic (exact) mass is 408 g/mol. The Labute approximate surface area is 170 Å². The van der Waals surface area contributed by atoms with Crippen LogP contribution in [0, 0.1) is 0 Å². The molecule has 7 heteroatoms. The lowest BCUT2D eigenvalue weighted by atomic mass is 10.1. The maximum absolute atomic E-state index is 12.8. The molecule has 0 aromatic rings. The molecule has 3 heterocycles. The van der Waals surface area contributed by atoms with E-state index in [0.717, 1.165) is 42.9 Å². The van der Waals surface area contributed by atoms with Gasteiger partial charge in [0.05, 0.1) is 0 Å². The molecule has 0 spiro atoms. The van der Waals surface area contributed by atoms with Crippen LogP contribution in [0.3, 0.4) is 0 Å². The van der Waals surface area contributed by atoms with Crippen molar-refractivity contribution in [2.45, 2.75) is 57.6 Å². The van der Waals surface area contributed by atoms with E-state index in [1.165, 1.54) is 10.5 Å². The zero-order chi connectivity index (χ0) is 19.8. The first kappa shape index (κ1) is 20.5. The van der Waals surface area contributed by atoms with Crippen LogP contribution in [0.1, 0.15) is 53.4 Å². The van der Waals surface area contributed by atoms with Gasteiger partial charge in [0.2, 0.25) is 0 Å². The van der Waals surface area contributed by atoms with E-state index in [0.29, 0.717) is 24.1 Å². The van der Waals surface area contributed by atoms with Gasteiger partial charge in [-0.1, -0.05) is 13.8 Å². The maximum atomic E-state index is 12.8. The predicted octanol–water partition coefficient (Wildman–Crippen LogP) is 3.56. The summed E-state index contributed by atoms with van der Waals surface area (Å²) < 4.78 is -0.289. The van der Waals surface area contributed by atoms with E-state index in [1.807, 2.05) is 30.5 Å². The minimum atomic E-state index is -0.289. The van der Waals surface area contributed by atoms with Crippen molar-refractivity contribution in [3.05, 3.63) is 22.3 Å². The minimum Gasteiger partial charge on any atom is -0.312 e. The van der Waals surface area contributed by atoms with Gasteiger partial charge in [-0.05, 0) is 56.6 Å². The molecule has 1 atom stereocenters. The number of rotatable bonds is 7. The summed E-state index contributed by atoms with van der Waals surface area (Å²) >= 11 is 3.64. The molecule has 3 aliphatic rings. The summed E-state index contributed by atoms with van der Waals surface area (Å²) in [5.41, 5.74) is 3.38. The van der Waals surface area contributed by atoms with Crippen molar-refractivity contribution in [2.75, 3.05) is 24.6 Å². The van der Waals surface area contributed by atoms with Crippen molar-refractivity contribution >= 4 is 41.2 Å². The summed E-state index contributed by atoms with van der Waals surface area (Å²) in [6.07, 6.45) is 3.14. The van der Waals surface area contributed by atoms with Crippen molar-refractivity contribution in [3.63, 3.8) is 0 Å². The second-order valence-corrected chi connectivity index (χ2v) is 9.95. The third-order valence-corrected chi connectivity index (χ3v) is 9.19. The first-order chi connectivity index (χ1) is 12.9. The molecule has 3 aliphatic heterocycles. The lowest BCUT2D eigenvalue weighted by molar-refractivity contribution is -0.137. The Morgan fingerprint density at radius 3 is 2.37 bits per heavy atom. The lowest BCUT2D eigenvalue weighted by Crippen LogP contribution is -2.47. The lowest BCUT2D eigenvalue weighted by Gasteiger charge is -2.42. The number of fused-ring (bicyclic) bond motifs is 1. The van der Waals surface area contributed by atoms with Crippen LogP contribution in [-0.2, 0) is 14.4 Å². The number of imide groups is 1. The topological polar surface area (TPSA) is 57.7 Å². The molecule has 5 nitrogen and oxygen atoms in total. The zero-order valence-corrected chi connectivity index (χ0v) is 18.2. The molecular formula is C20H28N2O3S2. The first-order valence-electron chi connectivity index (χ1n) is 9.75. The van der Waals surface area contributed by atoms with Crippen LogP contribution in [0.4, 0.5) is 0 Å². The van der Waals surface area contributed by atoms with Crippen LogP contribution in [0.15, 0.2) is 22.3 Å². The van der Waals surface area contributed by atoms with E-state index in [2.05, 4.69) is 6.92 Å². The molecule has 0 N–H and O–H groups in total. The summed E-state index contributed by atoms with van der Waals surface area (Å²) in [4.78, 5) is 40.9. The largest absolute Gasteiger partial charge is 0.312 e. The number of hydrogen-bond acceptors (Lipinski definition) is 5. The molecular weight excluding hydrogens is 380 g/mol. The fourth-order valence-electron chi connectivity index (χ4n) is 4.16. The standard InChI is InChI=1S/C20H28N2O3S2/c1-5-15-13(3)17(23)21(18(15)24)9-7-11-26-20-14(4)16(6-2)19(25)22(20)10-8-12-27-20/h5-12H2,1-4H3. The highest BCUT2D eigenvalue weighted by Gasteiger charge is 2.51. The van der Waals surface area contributed by atoms with E-state index in [4.69, 9.17) is 0 Å². The van der Waals surface area contributed by atoms with Crippen LogP contribution in [-0.4, -0.2) is 56.3 Å². The fourth-order valence-corrected chi connectivity index (χ4v) is 7.44. The number of carbonyl (C=O) groups is 3. The van der Waals surface area contributed by atoms with Gasteiger partial charge in [0.15, 0.2) is 4.20 Å². The highest BCUT2D eigenvalue weighted by molar-refractivity contribution is 8.18. The Bertz CT molecular complexity index is 744. The van der Waals surface area contributed by atoms with Crippen LogP contribution < -0.4 is 0 Å². The molecule has 3 rings (SSSR count). The Hall–Kier alpha value is -1.21. The molecule has 0 saturated carbocycles. The van der Waals surface area contributed by atoms with E-state index < -0.39 is 0 Å². The second kappa shape index (κ2) is 8.03. The molecule has 1 unspecified atom stereocenters. The third-order valence-electron chi connectivity index (χ3n) is 5.66. The van der Waals surface area contributed by atoms with Crippen molar-refractivity contribution in [2.24, 2.45) is 0 Å². The summed E-state index contributed by atoms with van der Waals surface area (Å²) in [5, 5.41) is 0. The Morgan fingerprint density at radius 2 is 1.74 bits per heavy atom. The van der Waals surface area contributed by atoms with Gasteiger partial charge < -0.3 is 4.90 Å². The number of nitrogens with zero attached hydrogens (tertiary/aromatic N) is 2. The van der Waals surface area contributed by atoms with Crippen molar-refractivity contribution in [1.82, 2.24) is 9.80 Å². The first-order valence-corrected chi connectivity index (χ1v) is 11.7. The van der Waals surface area contributed by atoms with Gasteiger partial charge in [0.1, 0.15) is 0 Å². The van der Waals surface area contributed by atoms with Gasteiger partial charge in [-0.25, -0.2) is 0 Å². The number of hydrogen-bond donors (Lipinski definition) is 0. The summed E-state index contributed by atoms with van der Waals surface area (Å²) in [6, 6.07) is 0. The SMILES string of the molecule is CCC1=C(C)C(=O)N(CCCSC23SCCCN2C(=O)C(CC)=C3C)C1=O. The average Bonchev–Trinajstić information content (AvgIpc) is 3.01. The molecule has 148 valence electrons. The molecule has 0 bridgehead atoms. The van der Waals surface area contributed by atoms with Gasteiger partial charge in [-0.15, -0.1) is 23.5 Å². The normalized spacial score (nSPS) is 26.0. The Morgan fingerprint density at radius 1 is 1.04 bits per heavy atom. The van der Waals surface area contributed by atoms with E-state index in [1.54, 1.807) is 18.7 Å². The maximum Gasteiger partial charge on any atom is 0.257 e. The highest BCUT2D eigenvalue weighted by atomic mass is 32.2. The number of carbonyl (C=O) groups excluding carboxylic acids is 3. The molecule has 0 aromatic carbocycles. The van der Waals surface area contributed by atoms with Gasteiger partial charge in [0.25, 0.3) is 17.7 Å². The fraction of sp³-hybridized carbons (Fsp3) is 0.650. The molecule has 0 radical (unpaired) electrons. The minimum absolute atomic E-state index is 0.128. The van der Waals surface area contributed by atoms with Crippen LogP contribution >= 0.6 is 23.5 Å². The van der Waals surface area contributed by atoms with Crippen molar-refractivity contribution in [3.8, 4) is 0 Å². The van der Waals surface area contributed by atoms with Crippen molar-refractivity contribution in [1.29, 1.82) is 0 Å². The second-order valence-electron chi connectivity index (χ2n) is 7.12. The third kappa shape index (κ3) is 3.27. The number of thioether (sulfide) groups is 2. The highest BCUT2D eigenvalue weighted by Crippen LogP contribution is 2.54. The van der Waals surface area contributed by atoms with E-state index >= 15 is 0 Å². The molecule has 1 saturated heterocycles. The Kier molecular flexibility index (Phi) is 6.11. The zero-order valence-electron chi connectivity index (χ0n) is 16.6. The molecule has 0 aliphatic carbocycles. The van der Waals surface area contributed by atoms with Gasteiger partial charge in [0, 0.05) is 29.8 Å². The molecule has 0 aromatic heterocycles. The van der Waals surface area contributed by atoms with Crippen LogP contribution in [0.25, 0.3) is 0 Å². The predicted molar refractivity (Wildman–Crippen MR) is 111 cm³/mol. The van der Waals surface area contributed by atoms with Crippen LogP contribution in [0.2, 0.25) is 0 Å². The van der Waals surface area contributed by atoms with E-state index in [-0.39, 0.29) is 21.9 Å². The molecule has 27 heavy (non-hydrogen) atoms. The summed E-state index contributed by atoms with van der Waals surface area (Å²) in [6.45, 7) is 9.05. The average molecular weight is 409 g/mol. The van der Waals surface area contributed by atoms with Crippen molar-refractivity contribution < 1.29 is 14.4 Å². The quantitative estimate of drug-likeness (QED) is 0.476. The smallest absolute Gasteiger partial charge is 0.257 e.